The van der Waals surface area contributed by atoms with Crippen molar-refractivity contribution in [1.82, 2.24) is 0 Å². The van der Waals surface area contributed by atoms with Gasteiger partial charge in [-0.15, -0.1) is 5.11 Å². The minimum Gasteiger partial charge on any atom is -0.497 e. The molecule has 0 aromatic heterocycles. The van der Waals surface area contributed by atoms with Gasteiger partial charge in [-0.25, -0.2) is 0 Å². The van der Waals surface area contributed by atoms with Crippen LogP contribution in [0.4, 0.5) is 17.1 Å². The molecule has 0 saturated carbocycles. The minimum absolute atomic E-state index is 0.220. The van der Waals surface area contributed by atoms with Gasteiger partial charge in [-0.05, 0) is 12.1 Å². The van der Waals surface area contributed by atoms with E-state index in [9.17, 15) is 4.79 Å². The summed E-state index contributed by atoms with van der Waals surface area (Å²) in [4.78, 5) is 11.4. The van der Waals surface area contributed by atoms with Gasteiger partial charge >= 0.3 is 0 Å². The summed E-state index contributed by atoms with van der Waals surface area (Å²) in [6, 6.07) is 8.45. The van der Waals surface area contributed by atoms with E-state index in [1.54, 1.807) is 37.4 Å². The summed E-state index contributed by atoms with van der Waals surface area (Å²) in [6.07, 6.45) is 0. The number of benzene rings is 2. The molecule has 0 spiro atoms. The van der Waals surface area contributed by atoms with Gasteiger partial charge in [0.25, 0.3) is 0 Å². The maximum atomic E-state index is 11.4. The van der Waals surface area contributed by atoms with E-state index >= 15 is 0 Å². The molecule has 1 amide bonds. The summed E-state index contributed by atoms with van der Waals surface area (Å²) in [5.74, 6) is 1.79. The number of anilines is 1. The molecule has 0 aliphatic carbocycles. The molecule has 26 heavy (non-hydrogen) atoms. The van der Waals surface area contributed by atoms with Crippen molar-refractivity contribution < 1.29 is 23.7 Å². The topological polar surface area (TPSA) is 90.7 Å². The van der Waals surface area contributed by atoms with Gasteiger partial charge in [0.1, 0.15) is 11.4 Å². The molecule has 8 nitrogen and oxygen atoms in total. The predicted octanol–water partition coefficient (Wildman–Crippen LogP) is 4.09. The van der Waals surface area contributed by atoms with Gasteiger partial charge in [-0.2, -0.15) is 5.11 Å². The lowest BCUT2D eigenvalue weighted by atomic mass is 10.2. The summed E-state index contributed by atoms with van der Waals surface area (Å²) in [7, 11) is 6.12. The number of hydrogen-bond donors (Lipinski definition) is 1. The lowest BCUT2D eigenvalue weighted by Crippen LogP contribution is -2.05. The first kappa shape index (κ1) is 19.0. The van der Waals surface area contributed by atoms with Crippen molar-refractivity contribution in [3.8, 4) is 23.0 Å². The van der Waals surface area contributed by atoms with Gasteiger partial charge in [0.05, 0.1) is 39.8 Å². The number of nitrogens with zero attached hydrogens (tertiary/aromatic N) is 2. The lowest BCUT2D eigenvalue weighted by molar-refractivity contribution is -0.114. The predicted molar refractivity (Wildman–Crippen MR) is 97.6 cm³/mol. The minimum atomic E-state index is -0.220. The molecule has 138 valence electrons. The van der Waals surface area contributed by atoms with Crippen LogP contribution in [0.25, 0.3) is 0 Å². The first-order valence-electron chi connectivity index (χ1n) is 7.69. The van der Waals surface area contributed by atoms with Crippen molar-refractivity contribution in [3.05, 3.63) is 30.3 Å². The highest BCUT2D eigenvalue weighted by atomic mass is 16.5. The van der Waals surface area contributed by atoms with Crippen LogP contribution in [0.3, 0.4) is 0 Å². The molecule has 0 heterocycles. The highest BCUT2D eigenvalue weighted by molar-refractivity contribution is 5.92. The Morgan fingerprint density at radius 3 is 2.04 bits per heavy atom. The van der Waals surface area contributed by atoms with Gasteiger partial charge in [-0.3, -0.25) is 4.79 Å². The fourth-order valence-corrected chi connectivity index (χ4v) is 2.26. The quantitative estimate of drug-likeness (QED) is 0.752. The molecule has 2 aromatic rings. The Kier molecular flexibility index (Phi) is 6.37. The van der Waals surface area contributed by atoms with Crippen LogP contribution in [-0.2, 0) is 4.79 Å². The monoisotopic (exact) mass is 359 g/mol. The van der Waals surface area contributed by atoms with E-state index in [1.165, 1.54) is 28.3 Å². The molecule has 0 saturated heterocycles. The Bertz CT molecular complexity index is 795. The van der Waals surface area contributed by atoms with Crippen LogP contribution in [0, 0.1) is 0 Å². The van der Waals surface area contributed by atoms with Crippen LogP contribution < -0.4 is 24.3 Å². The number of carbonyl (C=O) groups excluding carboxylic acids is 1. The third kappa shape index (κ3) is 4.41. The molecule has 0 aliphatic rings. The Hall–Kier alpha value is -3.29. The molecule has 2 rings (SSSR count). The number of azo groups is 1. The Morgan fingerprint density at radius 1 is 0.885 bits per heavy atom. The number of nitrogens with one attached hydrogen (secondary N) is 1. The van der Waals surface area contributed by atoms with E-state index in [-0.39, 0.29) is 5.91 Å². The number of ether oxygens (including phenoxy) is 4. The van der Waals surface area contributed by atoms with Crippen molar-refractivity contribution in [2.75, 3.05) is 33.8 Å². The summed E-state index contributed by atoms with van der Waals surface area (Å²) < 4.78 is 21.0. The molecule has 0 bridgehead atoms. The molecule has 1 N–H and O–H groups in total. The smallest absolute Gasteiger partial charge is 0.221 e. The van der Waals surface area contributed by atoms with Crippen molar-refractivity contribution >= 4 is 23.0 Å². The van der Waals surface area contributed by atoms with E-state index in [0.717, 1.165) is 0 Å². The number of hydrogen-bond acceptors (Lipinski definition) is 7. The number of rotatable bonds is 7. The highest BCUT2D eigenvalue weighted by Crippen LogP contribution is 2.41. The highest BCUT2D eigenvalue weighted by Gasteiger charge is 2.13. The molecule has 0 fully saturated rings. The van der Waals surface area contributed by atoms with E-state index in [2.05, 4.69) is 15.5 Å². The first-order valence-corrected chi connectivity index (χ1v) is 7.69. The van der Waals surface area contributed by atoms with Crippen molar-refractivity contribution in [2.45, 2.75) is 6.92 Å². The molecule has 0 radical (unpaired) electrons. The Labute approximate surface area is 151 Å². The molecule has 0 aliphatic heterocycles. The maximum Gasteiger partial charge on any atom is 0.221 e. The summed E-state index contributed by atoms with van der Waals surface area (Å²) in [6.45, 7) is 1.42. The van der Waals surface area contributed by atoms with Crippen molar-refractivity contribution in [1.29, 1.82) is 0 Å². The zero-order valence-electron chi connectivity index (χ0n) is 15.3. The number of amides is 1. The zero-order chi connectivity index (χ0) is 19.1. The van der Waals surface area contributed by atoms with E-state index < -0.39 is 0 Å². The Balaban J connectivity index is 2.42. The fraction of sp³-hybridized carbons (Fsp3) is 0.278. The van der Waals surface area contributed by atoms with Crippen LogP contribution in [0.2, 0.25) is 0 Å². The second kappa shape index (κ2) is 8.70. The SMILES string of the molecule is COc1ccc(/N=N/c2cc(OC)c(OC)c(OC)c2)c(NC(C)=O)c1. The molecule has 8 heteroatoms. The summed E-state index contributed by atoms with van der Waals surface area (Å²) in [5.41, 5.74) is 1.48. The maximum absolute atomic E-state index is 11.4. The second-order valence-corrected chi connectivity index (χ2v) is 5.15. The van der Waals surface area contributed by atoms with E-state index in [4.69, 9.17) is 18.9 Å². The average Bonchev–Trinajstić information content (AvgIpc) is 2.65. The van der Waals surface area contributed by atoms with Gasteiger partial charge in [0, 0.05) is 25.1 Å². The molecular formula is C18H21N3O5. The van der Waals surface area contributed by atoms with Gasteiger partial charge in [0.2, 0.25) is 11.7 Å². The zero-order valence-corrected chi connectivity index (χ0v) is 15.3. The third-order valence-electron chi connectivity index (χ3n) is 3.44. The van der Waals surface area contributed by atoms with Crippen LogP contribution >= 0.6 is 0 Å². The van der Waals surface area contributed by atoms with Crippen LogP contribution in [0.5, 0.6) is 23.0 Å². The molecular weight excluding hydrogens is 338 g/mol. The number of carbonyl (C=O) groups is 1. The lowest BCUT2D eigenvalue weighted by Gasteiger charge is -2.12. The van der Waals surface area contributed by atoms with Crippen LogP contribution in [0.15, 0.2) is 40.6 Å². The third-order valence-corrected chi connectivity index (χ3v) is 3.44. The fourth-order valence-electron chi connectivity index (χ4n) is 2.26. The molecule has 0 unspecified atom stereocenters. The molecule has 2 aromatic carbocycles. The van der Waals surface area contributed by atoms with Gasteiger partial charge < -0.3 is 24.3 Å². The largest absolute Gasteiger partial charge is 0.497 e. The van der Waals surface area contributed by atoms with Gasteiger partial charge in [-0.1, -0.05) is 0 Å². The average molecular weight is 359 g/mol. The standard InChI is InChI=1S/C18H21N3O5/c1-11(22)19-15-10-13(23-2)6-7-14(15)21-20-12-8-16(24-3)18(26-5)17(9-12)25-4/h6-10H,1-5H3,(H,19,22)/b21-20+. The summed E-state index contributed by atoms with van der Waals surface area (Å²) in [5, 5.41) is 11.1. The number of methoxy groups -OCH3 is 4. The molecule has 0 atom stereocenters. The first-order chi connectivity index (χ1) is 12.5. The van der Waals surface area contributed by atoms with Crippen molar-refractivity contribution in [2.24, 2.45) is 10.2 Å². The van der Waals surface area contributed by atoms with Crippen LogP contribution in [-0.4, -0.2) is 34.3 Å². The van der Waals surface area contributed by atoms with E-state index in [1.807, 2.05) is 0 Å². The van der Waals surface area contributed by atoms with Crippen LogP contribution in [0.1, 0.15) is 6.92 Å². The van der Waals surface area contributed by atoms with E-state index in [0.29, 0.717) is 40.1 Å². The normalized spacial score (nSPS) is 10.5. The summed E-state index contributed by atoms with van der Waals surface area (Å²) >= 11 is 0. The van der Waals surface area contributed by atoms with Gasteiger partial charge in [0.15, 0.2) is 11.5 Å². The van der Waals surface area contributed by atoms with Crippen molar-refractivity contribution in [3.63, 3.8) is 0 Å². The second-order valence-electron chi connectivity index (χ2n) is 5.15. The Morgan fingerprint density at radius 2 is 1.54 bits per heavy atom.